The fourth-order valence-electron chi connectivity index (χ4n) is 2.66. The van der Waals surface area contributed by atoms with Crippen molar-refractivity contribution in [1.82, 2.24) is 9.97 Å². The van der Waals surface area contributed by atoms with Gasteiger partial charge in [0.25, 0.3) is 0 Å². The Morgan fingerprint density at radius 1 is 0.875 bits per heavy atom. The summed E-state index contributed by atoms with van der Waals surface area (Å²) in [6.45, 7) is 4.24. The van der Waals surface area contributed by atoms with Crippen molar-refractivity contribution in [2.24, 2.45) is 0 Å². The zero-order valence-corrected chi connectivity index (χ0v) is 14.4. The van der Waals surface area contributed by atoms with Gasteiger partial charge in [-0.15, -0.1) is 11.3 Å². The highest BCUT2D eigenvalue weighted by Crippen LogP contribution is 2.35. The molecule has 4 aromatic rings. The standard InChI is InChI=1S/C20H17N3S/c1-13-8-9-16(10-14(13)2)23-19-17-11-18(15-6-4-3-5-7-15)24-20(17)22-12-21-19/h3-12H,1-2H3,(H,21,22,23). The molecule has 2 heterocycles. The van der Waals surface area contributed by atoms with E-state index in [4.69, 9.17) is 0 Å². The third kappa shape index (κ3) is 2.76. The van der Waals surface area contributed by atoms with E-state index in [1.807, 2.05) is 6.07 Å². The Kier molecular flexibility index (Phi) is 3.75. The Morgan fingerprint density at radius 2 is 1.71 bits per heavy atom. The minimum Gasteiger partial charge on any atom is -0.340 e. The smallest absolute Gasteiger partial charge is 0.142 e. The van der Waals surface area contributed by atoms with Gasteiger partial charge in [-0.1, -0.05) is 36.4 Å². The van der Waals surface area contributed by atoms with Crippen molar-refractivity contribution in [3.8, 4) is 10.4 Å². The van der Waals surface area contributed by atoms with E-state index in [1.165, 1.54) is 21.6 Å². The van der Waals surface area contributed by atoms with Gasteiger partial charge in [-0.25, -0.2) is 9.97 Å². The number of rotatable bonds is 3. The molecule has 0 spiro atoms. The second-order valence-electron chi connectivity index (χ2n) is 5.84. The van der Waals surface area contributed by atoms with Gasteiger partial charge in [0.2, 0.25) is 0 Å². The summed E-state index contributed by atoms with van der Waals surface area (Å²) < 4.78 is 0. The van der Waals surface area contributed by atoms with Gasteiger partial charge in [0.1, 0.15) is 17.0 Å². The lowest BCUT2D eigenvalue weighted by Crippen LogP contribution is -1.95. The normalized spacial score (nSPS) is 10.9. The molecule has 0 unspecified atom stereocenters. The molecule has 0 bridgehead atoms. The maximum atomic E-state index is 4.45. The molecular formula is C20H17N3S. The number of hydrogen-bond acceptors (Lipinski definition) is 4. The largest absolute Gasteiger partial charge is 0.340 e. The number of hydrogen-bond donors (Lipinski definition) is 1. The Bertz CT molecular complexity index is 1010. The third-order valence-corrected chi connectivity index (χ3v) is 5.25. The van der Waals surface area contributed by atoms with Crippen LogP contribution in [0.5, 0.6) is 0 Å². The highest BCUT2D eigenvalue weighted by atomic mass is 32.1. The minimum atomic E-state index is 0.849. The summed E-state index contributed by atoms with van der Waals surface area (Å²) >= 11 is 1.69. The van der Waals surface area contributed by atoms with Crippen LogP contribution in [0.25, 0.3) is 20.7 Å². The van der Waals surface area contributed by atoms with Crippen molar-refractivity contribution in [2.75, 3.05) is 5.32 Å². The summed E-state index contributed by atoms with van der Waals surface area (Å²) in [5.74, 6) is 0.849. The highest BCUT2D eigenvalue weighted by molar-refractivity contribution is 7.21. The Labute approximate surface area is 145 Å². The molecule has 118 valence electrons. The predicted molar refractivity (Wildman–Crippen MR) is 102 cm³/mol. The Balaban J connectivity index is 1.76. The average molecular weight is 331 g/mol. The summed E-state index contributed by atoms with van der Waals surface area (Å²) in [7, 11) is 0. The molecule has 0 radical (unpaired) electrons. The summed E-state index contributed by atoms with van der Waals surface area (Å²) in [6.07, 6.45) is 1.62. The van der Waals surface area contributed by atoms with Crippen LogP contribution in [0.1, 0.15) is 11.1 Å². The molecule has 1 N–H and O–H groups in total. The van der Waals surface area contributed by atoms with Crippen LogP contribution < -0.4 is 5.32 Å². The minimum absolute atomic E-state index is 0.849. The fourth-order valence-corrected chi connectivity index (χ4v) is 3.66. The highest BCUT2D eigenvalue weighted by Gasteiger charge is 2.10. The summed E-state index contributed by atoms with van der Waals surface area (Å²) in [5, 5.41) is 4.49. The van der Waals surface area contributed by atoms with Crippen LogP contribution >= 0.6 is 11.3 Å². The van der Waals surface area contributed by atoms with E-state index in [9.17, 15) is 0 Å². The first-order chi connectivity index (χ1) is 11.7. The van der Waals surface area contributed by atoms with Gasteiger partial charge in [0.05, 0.1) is 5.39 Å². The van der Waals surface area contributed by atoms with Crippen LogP contribution in [0.2, 0.25) is 0 Å². The molecule has 0 aliphatic carbocycles. The maximum Gasteiger partial charge on any atom is 0.142 e. The molecule has 24 heavy (non-hydrogen) atoms. The van der Waals surface area contributed by atoms with Crippen LogP contribution in [-0.2, 0) is 0 Å². The van der Waals surface area contributed by atoms with Crippen LogP contribution in [0.15, 0.2) is 60.9 Å². The van der Waals surface area contributed by atoms with Crippen molar-refractivity contribution >= 4 is 33.1 Å². The van der Waals surface area contributed by atoms with Crippen molar-refractivity contribution in [3.05, 3.63) is 72.1 Å². The van der Waals surface area contributed by atoms with E-state index in [2.05, 4.69) is 77.7 Å². The molecule has 4 rings (SSSR count). The lowest BCUT2D eigenvalue weighted by Gasteiger charge is -2.08. The van der Waals surface area contributed by atoms with Crippen LogP contribution in [0.3, 0.4) is 0 Å². The van der Waals surface area contributed by atoms with E-state index < -0.39 is 0 Å². The second kappa shape index (κ2) is 6.06. The van der Waals surface area contributed by atoms with Crippen LogP contribution in [0, 0.1) is 13.8 Å². The third-order valence-electron chi connectivity index (χ3n) is 4.16. The van der Waals surface area contributed by atoms with Gasteiger partial charge in [0, 0.05) is 10.6 Å². The molecule has 3 nitrogen and oxygen atoms in total. The van der Waals surface area contributed by atoms with Crippen molar-refractivity contribution in [1.29, 1.82) is 0 Å². The summed E-state index contributed by atoms with van der Waals surface area (Å²) in [5.41, 5.74) is 4.80. The van der Waals surface area contributed by atoms with Crippen molar-refractivity contribution < 1.29 is 0 Å². The number of benzene rings is 2. The van der Waals surface area contributed by atoms with Gasteiger partial charge < -0.3 is 5.32 Å². The number of aromatic nitrogens is 2. The summed E-state index contributed by atoms with van der Waals surface area (Å²) in [4.78, 5) is 11.1. The molecule has 0 aliphatic rings. The number of aryl methyl sites for hydroxylation is 2. The summed E-state index contributed by atoms with van der Waals surface area (Å²) in [6, 6.07) is 18.9. The van der Waals surface area contributed by atoms with E-state index in [0.717, 1.165) is 21.7 Å². The fraction of sp³-hybridized carbons (Fsp3) is 0.100. The maximum absolute atomic E-state index is 4.45. The van der Waals surface area contributed by atoms with E-state index in [1.54, 1.807) is 17.7 Å². The number of fused-ring (bicyclic) bond motifs is 1. The van der Waals surface area contributed by atoms with E-state index in [0.29, 0.717) is 0 Å². The SMILES string of the molecule is Cc1ccc(Nc2ncnc3sc(-c4ccccc4)cc23)cc1C. The Hall–Kier alpha value is -2.72. The van der Waals surface area contributed by atoms with E-state index in [-0.39, 0.29) is 0 Å². The topological polar surface area (TPSA) is 37.8 Å². The molecule has 2 aromatic heterocycles. The van der Waals surface area contributed by atoms with Gasteiger partial charge in [-0.05, 0) is 48.7 Å². The van der Waals surface area contributed by atoms with Crippen molar-refractivity contribution in [3.63, 3.8) is 0 Å². The molecule has 0 saturated heterocycles. The van der Waals surface area contributed by atoms with Crippen LogP contribution in [0.4, 0.5) is 11.5 Å². The molecule has 0 saturated carbocycles. The van der Waals surface area contributed by atoms with Gasteiger partial charge in [-0.3, -0.25) is 0 Å². The molecular weight excluding hydrogens is 314 g/mol. The monoisotopic (exact) mass is 331 g/mol. The Morgan fingerprint density at radius 3 is 2.50 bits per heavy atom. The first kappa shape index (κ1) is 14.8. The van der Waals surface area contributed by atoms with Crippen molar-refractivity contribution in [2.45, 2.75) is 13.8 Å². The van der Waals surface area contributed by atoms with Crippen LogP contribution in [-0.4, -0.2) is 9.97 Å². The number of thiophene rings is 1. The molecule has 4 heteroatoms. The molecule has 0 amide bonds. The van der Waals surface area contributed by atoms with Gasteiger partial charge in [-0.2, -0.15) is 0 Å². The zero-order valence-electron chi connectivity index (χ0n) is 13.6. The molecule has 0 atom stereocenters. The first-order valence-corrected chi connectivity index (χ1v) is 8.66. The average Bonchev–Trinajstić information content (AvgIpc) is 3.04. The van der Waals surface area contributed by atoms with E-state index >= 15 is 0 Å². The zero-order chi connectivity index (χ0) is 16.5. The second-order valence-corrected chi connectivity index (χ2v) is 6.87. The van der Waals surface area contributed by atoms with Gasteiger partial charge in [0.15, 0.2) is 0 Å². The quantitative estimate of drug-likeness (QED) is 0.522. The van der Waals surface area contributed by atoms with Gasteiger partial charge >= 0.3 is 0 Å². The number of nitrogens with one attached hydrogen (secondary N) is 1. The number of nitrogens with zero attached hydrogens (tertiary/aromatic N) is 2. The number of anilines is 2. The first-order valence-electron chi connectivity index (χ1n) is 7.85. The molecule has 0 aliphatic heterocycles. The predicted octanol–water partition coefficient (Wildman–Crippen LogP) is 5.72. The molecule has 2 aromatic carbocycles. The lowest BCUT2D eigenvalue weighted by molar-refractivity contribution is 1.23. The lowest BCUT2D eigenvalue weighted by atomic mass is 10.1. The molecule has 0 fully saturated rings.